The third-order valence-electron chi connectivity index (χ3n) is 4.79. The lowest BCUT2D eigenvalue weighted by molar-refractivity contribution is -0.140. The van der Waals surface area contributed by atoms with Crippen LogP contribution < -0.4 is 0 Å². The van der Waals surface area contributed by atoms with E-state index in [1.54, 1.807) is 38.1 Å². The fourth-order valence-corrected chi connectivity index (χ4v) is 5.12. The Morgan fingerprint density at radius 2 is 1.90 bits per heavy atom. The van der Waals surface area contributed by atoms with Gasteiger partial charge in [0, 0.05) is 12.8 Å². The molecule has 7 heteroatoms. The van der Waals surface area contributed by atoms with Crippen molar-refractivity contribution in [2.24, 2.45) is 5.92 Å². The van der Waals surface area contributed by atoms with E-state index in [0.717, 1.165) is 0 Å². The molecule has 1 unspecified atom stereocenters. The van der Waals surface area contributed by atoms with E-state index in [1.165, 1.54) is 25.1 Å². The molecule has 0 radical (unpaired) electrons. The van der Waals surface area contributed by atoms with E-state index in [1.807, 2.05) is 6.92 Å². The van der Waals surface area contributed by atoms with Crippen LogP contribution in [0, 0.1) is 5.92 Å². The largest absolute Gasteiger partial charge is 0.348 e. The first-order valence-corrected chi connectivity index (χ1v) is 11.4. The van der Waals surface area contributed by atoms with Gasteiger partial charge in [-0.2, -0.15) is 0 Å². The summed E-state index contributed by atoms with van der Waals surface area (Å²) in [6, 6.07) is 8.02. The van der Waals surface area contributed by atoms with Crippen LogP contribution in [0.3, 0.4) is 0 Å². The first kappa shape index (κ1) is 23.4. The molecule has 1 aliphatic rings. The summed E-state index contributed by atoms with van der Waals surface area (Å²) in [5.41, 5.74) is 0. The lowest BCUT2D eigenvalue weighted by Crippen LogP contribution is -2.36. The number of Topliss-reactive ketones (excluding diaryl/α,β-unsaturated/α-hetero) is 1. The standard InChI is InChI=1S/C22H30O6S/c1-16(9-8-10-17(2)23)13-20(24)21(14-18-15-27-22(3,4)28-18)29(25,26)19-11-6-5-7-12-19/h5-8,10-12,16,18,21H,9,13-15H2,1-4H3/b10-8+/t16-,18+,21?/m1/s1. The van der Waals surface area contributed by atoms with Gasteiger partial charge in [-0.25, -0.2) is 8.42 Å². The second-order valence-corrected chi connectivity index (χ2v) is 10.2. The van der Waals surface area contributed by atoms with Crippen LogP contribution in [0.25, 0.3) is 0 Å². The molecule has 0 bridgehead atoms. The minimum absolute atomic E-state index is 0.0511. The number of carbonyl (C=O) groups excluding carboxylic acids is 2. The molecular formula is C22H30O6S. The Kier molecular flexibility index (Phi) is 7.91. The van der Waals surface area contributed by atoms with Gasteiger partial charge in [0.1, 0.15) is 5.25 Å². The van der Waals surface area contributed by atoms with E-state index in [-0.39, 0.29) is 41.8 Å². The highest BCUT2D eigenvalue weighted by Gasteiger charge is 2.40. The van der Waals surface area contributed by atoms with E-state index in [4.69, 9.17) is 9.47 Å². The van der Waals surface area contributed by atoms with Gasteiger partial charge in [0.25, 0.3) is 0 Å². The highest BCUT2D eigenvalue weighted by molar-refractivity contribution is 7.92. The highest BCUT2D eigenvalue weighted by Crippen LogP contribution is 2.30. The number of benzene rings is 1. The van der Waals surface area contributed by atoms with Gasteiger partial charge in [-0.15, -0.1) is 0 Å². The lowest BCUT2D eigenvalue weighted by atomic mass is 9.97. The number of hydrogen-bond acceptors (Lipinski definition) is 6. The molecule has 0 aromatic heterocycles. The predicted octanol–water partition coefficient (Wildman–Crippen LogP) is 3.50. The molecule has 1 saturated heterocycles. The van der Waals surface area contributed by atoms with E-state index in [9.17, 15) is 18.0 Å². The topological polar surface area (TPSA) is 86.7 Å². The SMILES string of the molecule is CC(=O)/C=C/C[C@@H](C)CC(=O)C(C[C@H]1COC(C)(C)O1)S(=O)(=O)c1ccccc1. The maximum atomic E-state index is 13.2. The third-order valence-corrected chi connectivity index (χ3v) is 6.92. The highest BCUT2D eigenvalue weighted by atomic mass is 32.2. The van der Waals surface area contributed by atoms with Crippen LogP contribution in [0.5, 0.6) is 0 Å². The summed E-state index contributed by atoms with van der Waals surface area (Å²) in [7, 11) is -3.86. The van der Waals surface area contributed by atoms with Crippen LogP contribution in [0.1, 0.15) is 47.0 Å². The van der Waals surface area contributed by atoms with Crippen molar-refractivity contribution < 1.29 is 27.5 Å². The molecule has 0 N–H and O–H groups in total. The molecule has 1 aromatic rings. The fourth-order valence-electron chi connectivity index (χ4n) is 3.35. The zero-order chi connectivity index (χ0) is 21.7. The average Bonchev–Trinajstić information content (AvgIpc) is 2.98. The molecular weight excluding hydrogens is 392 g/mol. The molecule has 0 aliphatic carbocycles. The van der Waals surface area contributed by atoms with Gasteiger partial charge >= 0.3 is 0 Å². The molecule has 6 nitrogen and oxygen atoms in total. The first-order chi connectivity index (χ1) is 13.5. The summed E-state index contributed by atoms with van der Waals surface area (Å²) in [4.78, 5) is 24.2. The third kappa shape index (κ3) is 6.87. The Balaban J connectivity index is 2.20. The molecule has 1 aliphatic heterocycles. The van der Waals surface area contributed by atoms with Gasteiger partial charge in [0.05, 0.1) is 17.6 Å². The van der Waals surface area contributed by atoms with E-state index in [2.05, 4.69) is 0 Å². The minimum Gasteiger partial charge on any atom is -0.348 e. The average molecular weight is 423 g/mol. The number of ether oxygens (including phenoxy) is 2. The van der Waals surface area contributed by atoms with Crippen molar-refractivity contribution in [1.82, 2.24) is 0 Å². The summed E-state index contributed by atoms with van der Waals surface area (Å²) >= 11 is 0. The van der Waals surface area contributed by atoms with Crippen molar-refractivity contribution in [3.8, 4) is 0 Å². The maximum Gasteiger partial charge on any atom is 0.188 e. The molecule has 0 spiro atoms. The fraction of sp³-hybridized carbons (Fsp3) is 0.545. The molecule has 0 saturated carbocycles. The number of ketones is 2. The summed E-state index contributed by atoms with van der Waals surface area (Å²) in [5.74, 6) is -1.27. The van der Waals surface area contributed by atoms with E-state index >= 15 is 0 Å². The molecule has 0 amide bonds. The smallest absolute Gasteiger partial charge is 0.188 e. The predicted molar refractivity (Wildman–Crippen MR) is 110 cm³/mol. The second kappa shape index (κ2) is 9.78. The summed E-state index contributed by atoms with van der Waals surface area (Å²) in [6.45, 7) is 7.10. The number of sulfone groups is 1. The molecule has 1 heterocycles. The number of hydrogen-bond donors (Lipinski definition) is 0. The van der Waals surface area contributed by atoms with E-state index < -0.39 is 27.0 Å². The Morgan fingerprint density at radius 3 is 2.45 bits per heavy atom. The van der Waals surface area contributed by atoms with Crippen LogP contribution in [-0.4, -0.2) is 43.7 Å². The van der Waals surface area contributed by atoms with Gasteiger partial charge in [0.2, 0.25) is 0 Å². The molecule has 1 fully saturated rings. The van der Waals surface area contributed by atoms with Crippen LogP contribution in [0.15, 0.2) is 47.4 Å². The molecule has 1 aromatic carbocycles. The first-order valence-electron chi connectivity index (χ1n) is 9.82. The quantitative estimate of drug-likeness (QED) is 0.537. The van der Waals surface area contributed by atoms with Crippen LogP contribution in [0.4, 0.5) is 0 Å². The zero-order valence-electron chi connectivity index (χ0n) is 17.5. The normalized spacial score (nSPS) is 21.2. The van der Waals surface area contributed by atoms with Gasteiger partial charge in [-0.05, 0) is 51.3 Å². The lowest BCUT2D eigenvalue weighted by Gasteiger charge is -2.22. The van der Waals surface area contributed by atoms with Gasteiger partial charge in [-0.3, -0.25) is 9.59 Å². The molecule has 160 valence electrons. The summed E-state index contributed by atoms with van der Waals surface area (Å²) in [5, 5.41) is -1.20. The van der Waals surface area contributed by atoms with Crippen molar-refractivity contribution in [3.05, 3.63) is 42.5 Å². The monoisotopic (exact) mass is 422 g/mol. The second-order valence-electron chi connectivity index (χ2n) is 8.06. The van der Waals surface area contributed by atoms with Gasteiger partial charge < -0.3 is 9.47 Å². The number of allylic oxidation sites excluding steroid dienone is 2. The van der Waals surface area contributed by atoms with Crippen molar-refractivity contribution >= 4 is 21.4 Å². The van der Waals surface area contributed by atoms with Gasteiger partial charge in [0.15, 0.2) is 27.2 Å². The van der Waals surface area contributed by atoms with Crippen molar-refractivity contribution in [1.29, 1.82) is 0 Å². The van der Waals surface area contributed by atoms with Crippen molar-refractivity contribution in [3.63, 3.8) is 0 Å². The van der Waals surface area contributed by atoms with Crippen LogP contribution >= 0.6 is 0 Å². The number of carbonyl (C=O) groups is 2. The zero-order valence-corrected chi connectivity index (χ0v) is 18.3. The minimum atomic E-state index is -3.86. The summed E-state index contributed by atoms with van der Waals surface area (Å²) in [6.07, 6.45) is 3.40. The van der Waals surface area contributed by atoms with E-state index in [0.29, 0.717) is 6.42 Å². The molecule has 29 heavy (non-hydrogen) atoms. The molecule has 2 rings (SSSR count). The van der Waals surface area contributed by atoms with Crippen molar-refractivity contribution in [2.45, 2.75) is 69.0 Å². The number of rotatable bonds is 10. The molecule has 3 atom stereocenters. The van der Waals surface area contributed by atoms with Crippen molar-refractivity contribution in [2.75, 3.05) is 6.61 Å². The Bertz CT molecular complexity index is 841. The Morgan fingerprint density at radius 1 is 1.24 bits per heavy atom. The Hall–Kier alpha value is -1.83. The summed E-state index contributed by atoms with van der Waals surface area (Å²) < 4.78 is 37.8. The van der Waals surface area contributed by atoms with Crippen LogP contribution in [-0.2, 0) is 28.9 Å². The maximum absolute atomic E-state index is 13.2. The van der Waals surface area contributed by atoms with Gasteiger partial charge in [-0.1, -0.05) is 31.2 Å². The Labute approximate surface area is 173 Å². The van der Waals surface area contributed by atoms with Crippen LogP contribution in [0.2, 0.25) is 0 Å².